The first-order valence-corrected chi connectivity index (χ1v) is 5.61. The second-order valence-electron chi connectivity index (χ2n) is 3.68. The van der Waals surface area contributed by atoms with Crippen molar-refractivity contribution in [2.75, 3.05) is 6.54 Å². The second-order valence-corrected chi connectivity index (χ2v) is 3.68. The Morgan fingerprint density at radius 2 is 2.26 bits per heavy atom. The van der Waals surface area contributed by atoms with Gasteiger partial charge >= 0.3 is 0 Å². The van der Waals surface area contributed by atoms with Crippen molar-refractivity contribution in [1.29, 1.82) is 0 Å². The molecule has 1 aromatic heterocycles. The minimum atomic E-state index is -0.409. The number of carbonyl (C=O) groups is 1. The van der Waals surface area contributed by atoms with E-state index in [9.17, 15) is 9.18 Å². The maximum Gasteiger partial charge on any atom is 0.290 e. The number of hydrogen-bond donors (Lipinski definition) is 1. The minimum absolute atomic E-state index is 0.119. The van der Waals surface area contributed by atoms with Crippen LogP contribution in [-0.4, -0.2) is 12.5 Å². The highest BCUT2D eigenvalue weighted by atomic mass is 19.1. The predicted molar refractivity (Wildman–Crippen MR) is 67.7 cm³/mol. The number of carbonyl (C=O) groups excluding carboxylic acids is 1. The molecule has 0 spiro atoms. The normalized spacial score (nSPS) is 9.95. The van der Waals surface area contributed by atoms with E-state index in [1.54, 1.807) is 12.1 Å². The summed E-state index contributed by atoms with van der Waals surface area (Å²) >= 11 is 0. The monoisotopic (exact) mass is 261 g/mol. The zero-order valence-electron chi connectivity index (χ0n) is 10.1. The van der Waals surface area contributed by atoms with Crippen LogP contribution in [0.2, 0.25) is 0 Å². The standard InChI is InChI=1S/C14H12FNO3/c1-2-8-16-14(17)12-6-7-13(19-12)18-11-5-3-4-10(15)9-11/h2-7,9H,1,8H2,(H,16,17). The van der Waals surface area contributed by atoms with Crippen LogP contribution in [0, 0.1) is 5.82 Å². The number of furan rings is 1. The van der Waals surface area contributed by atoms with Gasteiger partial charge in [-0.2, -0.15) is 0 Å². The molecule has 0 unspecified atom stereocenters. The van der Waals surface area contributed by atoms with Crippen molar-refractivity contribution in [3.05, 3.63) is 60.6 Å². The van der Waals surface area contributed by atoms with Gasteiger partial charge < -0.3 is 14.5 Å². The highest BCUT2D eigenvalue weighted by molar-refractivity contribution is 5.91. The zero-order valence-corrected chi connectivity index (χ0v) is 10.1. The third kappa shape index (κ3) is 3.45. The Morgan fingerprint density at radius 1 is 1.42 bits per heavy atom. The van der Waals surface area contributed by atoms with Crippen LogP contribution < -0.4 is 10.1 Å². The van der Waals surface area contributed by atoms with Crippen molar-refractivity contribution in [3.8, 4) is 11.7 Å². The van der Waals surface area contributed by atoms with Gasteiger partial charge in [-0.3, -0.25) is 4.79 Å². The summed E-state index contributed by atoms with van der Waals surface area (Å²) in [6.45, 7) is 3.84. The fourth-order valence-electron chi connectivity index (χ4n) is 1.40. The molecule has 2 rings (SSSR count). The molecule has 1 N–H and O–H groups in total. The molecular weight excluding hydrogens is 249 g/mol. The Hall–Kier alpha value is -2.56. The van der Waals surface area contributed by atoms with Crippen molar-refractivity contribution >= 4 is 5.91 Å². The van der Waals surface area contributed by atoms with E-state index < -0.39 is 5.82 Å². The molecule has 2 aromatic rings. The van der Waals surface area contributed by atoms with Gasteiger partial charge in [-0.1, -0.05) is 12.1 Å². The van der Waals surface area contributed by atoms with Crippen molar-refractivity contribution in [2.45, 2.75) is 0 Å². The number of rotatable bonds is 5. The molecule has 1 heterocycles. The summed E-state index contributed by atoms with van der Waals surface area (Å²) in [7, 11) is 0. The third-order valence-corrected chi connectivity index (χ3v) is 2.23. The summed E-state index contributed by atoms with van der Waals surface area (Å²) in [5.41, 5.74) is 0. The van der Waals surface area contributed by atoms with Gasteiger partial charge in [0.25, 0.3) is 11.9 Å². The van der Waals surface area contributed by atoms with E-state index in [-0.39, 0.29) is 17.6 Å². The van der Waals surface area contributed by atoms with Gasteiger partial charge in [-0.05, 0) is 18.2 Å². The molecular formula is C14H12FNO3. The molecule has 0 saturated carbocycles. The Balaban J connectivity index is 2.05. The Labute approximate surface area is 109 Å². The van der Waals surface area contributed by atoms with E-state index >= 15 is 0 Å². The molecule has 98 valence electrons. The molecule has 0 aliphatic heterocycles. The highest BCUT2D eigenvalue weighted by Gasteiger charge is 2.11. The van der Waals surface area contributed by atoms with Crippen LogP contribution >= 0.6 is 0 Å². The third-order valence-electron chi connectivity index (χ3n) is 2.23. The fraction of sp³-hybridized carbons (Fsp3) is 0.0714. The second kappa shape index (κ2) is 5.86. The predicted octanol–water partition coefficient (Wildman–Crippen LogP) is 3.13. The van der Waals surface area contributed by atoms with Crippen LogP contribution in [0.4, 0.5) is 4.39 Å². The number of benzene rings is 1. The fourth-order valence-corrected chi connectivity index (χ4v) is 1.40. The Kier molecular flexibility index (Phi) is 3.97. The summed E-state index contributed by atoms with van der Waals surface area (Å²) in [6.07, 6.45) is 1.56. The topological polar surface area (TPSA) is 51.5 Å². The van der Waals surface area contributed by atoms with Gasteiger partial charge in [-0.25, -0.2) is 4.39 Å². The average molecular weight is 261 g/mol. The number of hydrogen-bond acceptors (Lipinski definition) is 3. The van der Waals surface area contributed by atoms with E-state index in [4.69, 9.17) is 9.15 Å². The van der Waals surface area contributed by atoms with Gasteiger partial charge in [0, 0.05) is 18.7 Å². The molecule has 19 heavy (non-hydrogen) atoms. The lowest BCUT2D eigenvalue weighted by atomic mass is 10.3. The molecule has 0 atom stereocenters. The summed E-state index contributed by atoms with van der Waals surface area (Å²) < 4.78 is 23.4. The van der Waals surface area contributed by atoms with Gasteiger partial charge in [0.1, 0.15) is 11.6 Å². The van der Waals surface area contributed by atoms with Crippen molar-refractivity contribution in [1.82, 2.24) is 5.32 Å². The van der Waals surface area contributed by atoms with Crippen LogP contribution in [0.25, 0.3) is 0 Å². The molecule has 0 aliphatic rings. The van der Waals surface area contributed by atoms with Gasteiger partial charge in [0.05, 0.1) is 0 Å². The molecule has 0 radical (unpaired) electrons. The molecule has 0 aliphatic carbocycles. The first-order valence-electron chi connectivity index (χ1n) is 5.61. The molecule has 5 heteroatoms. The quantitative estimate of drug-likeness (QED) is 0.841. The van der Waals surface area contributed by atoms with Gasteiger partial charge in [0.15, 0.2) is 5.76 Å². The van der Waals surface area contributed by atoms with Crippen LogP contribution in [-0.2, 0) is 0 Å². The Morgan fingerprint density at radius 3 is 3.00 bits per heavy atom. The van der Waals surface area contributed by atoms with Gasteiger partial charge in [-0.15, -0.1) is 6.58 Å². The van der Waals surface area contributed by atoms with E-state index in [0.29, 0.717) is 12.3 Å². The first-order chi connectivity index (χ1) is 9.19. The number of nitrogens with one attached hydrogen (secondary N) is 1. The number of ether oxygens (including phenoxy) is 1. The molecule has 0 bridgehead atoms. The summed E-state index contributed by atoms with van der Waals surface area (Å²) in [5, 5.41) is 2.57. The molecule has 1 aromatic carbocycles. The zero-order chi connectivity index (χ0) is 13.7. The van der Waals surface area contributed by atoms with E-state index in [1.165, 1.54) is 30.3 Å². The lowest BCUT2D eigenvalue weighted by Crippen LogP contribution is -2.22. The van der Waals surface area contributed by atoms with Crippen molar-refractivity contribution in [2.24, 2.45) is 0 Å². The summed E-state index contributed by atoms with van der Waals surface area (Å²) in [4.78, 5) is 11.6. The van der Waals surface area contributed by atoms with E-state index in [0.717, 1.165) is 0 Å². The largest absolute Gasteiger partial charge is 0.426 e. The maximum atomic E-state index is 13.0. The number of halogens is 1. The van der Waals surface area contributed by atoms with Crippen molar-refractivity contribution in [3.63, 3.8) is 0 Å². The Bertz CT molecular complexity index is 592. The lowest BCUT2D eigenvalue weighted by molar-refractivity contribution is 0.0925. The first kappa shape index (κ1) is 12.9. The van der Waals surface area contributed by atoms with Gasteiger partial charge in [0.2, 0.25) is 0 Å². The van der Waals surface area contributed by atoms with Crippen LogP contribution in [0.15, 0.2) is 53.5 Å². The van der Waals surface area contributed by atoms with E-state index in [1.807, 2.05) is 0 Å². The molecule has 4 nitrogen and oxygen atoms in total. The lowest BCUT2D eigenvalue weighted by Gasteiger charge is -2.01. The van der Waals surface area contributed by atoms with Crippen LogP contribution in [0.1, 0.15) is 10.6 Å². The highest BCUT2D eigenvalue weighted by Crippen LogP contribution is 2.24. The van der Waals surface area contributed by atoms with Crippen molar-refractivity contribution < 1.29 is 18.3 Å². The molecule has 0 saturated heterocycles. The number of amides is 1. The SMILES string of the molecule is C=CCNC(=O)c1ccc(Oc2cccc(F)c2)o1. The minimum Gasteiger partial charge on any atom is -0.426 e. The maximum absolute atomic E-state index is 13.0. The summed E-state index contributed by atoms with van der Waals surface area (Å²) in [6, 6.07) is 8.61. The van der Waals surface area contributed by atoms with Crippen LogP contribution in [0.3, 0.4) is 0 Å². The van der Waals surface area contributed by atoms with E-state index in [2.05, 4.69) is 11.9 Å². The van der Waals surface area contributed by atoms with Crippen LogP contribution in [0.5, 0.6) is 11.7 Å². The summed E-state index contributed by atoms with van der Waals surface area (Å²) in [5.74, 6) is -0.239. The smallest absolute Gasteiger partial charge is 0.290 e. The molecule has 1 amide bonds. The molecule has 0 fully saturated rings. The average Bonchev–Trinajstić information content (AvgIpc) is 2.84.